The van der Waals surface area contributed by atoms with Gasteiger partial charge in [0.15, 0.2) is 11.4 Å². The van der Waals surface area contributed by atoms with Crippen molar-refractivity contribution >= 4 is 17.7 Å². The van der Waals surface area contributed by atoms with Crippen molar-refractivity contribution in [2.45, 2.75) is 31.0 Å². The van der Waals surface area contributed by atoms with Crippen LogP contribution in [0.15, 0.2) is 60.7 Å². The third kappa shape index (κ3) is 4.36. The standard InChI is InChI=1S/C22H25N3O4/c23-18(13-15-7-3-1-4-8-15)20(27)25-12-11-17(14-22(25,24)21(28)29)19(26)16-9-5-2-6-10-16/h1-10,17-18H,11-14,23-24H2,(H,28,29). The van der Waals surface area contributed by atoms with Crippen LogP contribution >= 0.6 is 0 Å². The van der Waals surface area contributed by atoms with E-state index in [1.807, 2.05) is 30.3 Å². The topological polar surface area (TPSA) is 127 Å². The zero-order valence-electron chi connectivity index (χ0n) is 16.0. The molecule has 1 amide bonds. The SMILES string of the molecule is NC(Cc1ccccc1)C(=O)N1CCC(C(=O)c2ccccc2)CC1(N)C(=O)O. The van der Waals surface area contributed by atoms with Crippen LogP contribution in [0.5, 0.6) is 0 Å². The normalized spacial score (nSPS) is 22.7. The van der Waals surface area contributed by atoms with Gasteiger partial charge in [-0.05, 0) is 18.4 Å². The molecule has 0 aliphatic carbocycles. The van der Waals surface area contributed by atoms with Crippen LogP contribution in [0.25, 0.3) is 0 Å². The molecule has 7 nitrogen and oxygen atoms in total. The number of carboxylic acids is 1. The lowest BCUT2D eigenvalue weighted by atomic mass is 9.81. The van der Waals surface area contributed by atoms with Crippen molar-refractivity contribution in [1.82, 2.24) is 4.90 Å². The highest BCUT2D eigenvalue weighted by molar-refractivity contribution is 5.99. The van der Waals surface area contributed by atoms with E-state index >= 15 is 0 Å². The molecule has 1 fully saturated rings. The molecule has 1 heterocycles. The zero-order valence-corrected chi connectivity index (χ0v) is 16.0. The summed E-state index contributed by atoms with van der Waals surface area (Å²) in [5.41, 5.74) is 11.7. The van der Waals surface area contributed by atoms with Gasteiger partial charge >= 0.3 is 5.97 Å². The van der Waals surface area contributed by atoms with Gasteiger partial charge in [-0.25, -0.2) is 4.79 Å². The van der Waals surface area contributed by atoms with Gasteiger partial charge < -0.3 is 15.7 Å². The number of ketones is 1. The van der Waals surface area contributed by atoms with Gasteiger partial charge in [0.2, 0.25) is 5.91 Å². The first-order valence-corrected chi connectivity index (χ1v) is 9.55. The molecule has 1 saturated heterocycles. The fourth-order valence-electron chi connectivity index (χ4n) is 3.80. The van der Waals surface area contributed by atoms with Gasteiger partial charge in [0.1, 0.15) is 0 Å². The number of benzene rings is 2. The fraction of sp³-hybridized carbons (Fsp3) is 0.318. The van der Waals surface area contributed by atoms with E-state index in [0.717, 1.165) is 10.5 Å². The number of carbonyl (C=O) groups is 3. The number of piperidine rings is 1. The van der Waals surface area contributed by atoms with Crippen LogP contribution in [-0.4, -0.2) is 45.9 Å². The average molecular weight is 395 g/mol. The minimum atomic E-state index is -1.97. The number of carboxylic acid groups (broad SMARTS) is 1. The molecule has 0 saturated carbocycles. The summed E-state index contributed by atoms with van der Waals surface area (Å²) in [6.07, 6.45) is 0.460. The first-order chi connectivity index (χ1) is 13.8. The van der Waals surface area contributed by atoms with Crippen LogP contribution < -0.4 is 11.5 Å². The van der Waals surface area contributed by atoms with Gasteiger partial charge in [-0.1, -0.05) is 60.7 Å². The summed E-state index contributed by atoms with van der Waals surface area (Å²) in [5.74, 6) is -2.61. The Labute approximate surface area is 169 Å². The summed E-state index contributed by atoms with van der Waals surface area (Å²) in [7, 11) is 0. The van der Waals surface area contributed by atoms with Crippen molar-refractivity contribution in [3.05, 3.63) is 71.8 Å². The first-order valence-electron chi connectivity index (χ1n) is 9.55. The smallest absolute Gasteiger partial charge is 0.344 e. The molecule has 2 aromatic rings. The monoisotopic (exact) mass is 395 g/mol. The Kier molecular flexibility index (Phi) is 6.10. The third-order valence-corrected chi connectivity index (χ3v) is 5.42. The van der Waals surface area contributed by atoms with Crippen LogP contribution in [-0.2, 0) is 16.0 Å². The number of hydrogen-bond acceptors (Lipinski definition) is 5. The van der Waals surface area contributed by atoms with E-state index in [4.69, 9.17) is 11.5 Å². The lowest BCUT2D eigenvalue weighted by Crippen LogP contribution is -2.69. The molecule has 0 spiro atoms. The number of nitrogens with zero attached hydrogens (tertiary/aromatic N) is 1. The molecule has 0 radical (unpaired) electrons. The second kappa shape index (κ2) is 8.55. The van der Waals surface area contributed by atoms with Crippen LogP contribution in [0.2, 0.25) is 0 Å². The van der Waals surface area contributed by atoms with E-state index in [1.54, 1.807) is 30.3 Å². The molecule has 3 unspecified atom stereocenters. The van der Waals surface area contributed by atoms with Crippen molar-refractivity contribution in [3.8, 4) is 0 Å². The zero-order chi connectivity index (χ0) is 21.0. The van der Waals surface area contributed by atoms with Crippen LogP contribution in [0.1, 0.15) is 28.8 Å². The molecular formula is C22H25N3O4. The fourth-order valence-corrected chi connectivity index (χ4v) is 3.80. The maximum atomic E-state index is 12.9. The van der Waals surface area contributed by atoms with E-state index < -0.39 is 29.5 Å². The molecule has 0 bridgehead atoms. The van der Waals surface area contributed by atoms with Gasteiger partial charge in [-0.15, -0.1) is 0 Å². The van der Waals surface area contributed by atoms with Crippen molar-refractivity contribution in [3.63, 3.8) is 0 Å². The Balaban J connectivity index is 1.77. The van der Waals surface area contributed by atoms with Crippen LogP contribution in [0.3, 0.4) is 0 Å². The summed E-state index contributed by atoms with van der Waals surface area (Å²) in [6, 6.07) is 17.0. The number of Topliss-reactive ketones (excluding diaryl/α,β-unsaturated/α-hetero) is 1. The molecular weight excluding hydrogens is 370 g/mol. The highest BCUT2D eigenvalue weighted by atomic mass is 16.4. The number of hydrogen-bond donors (Lipinski definition) is 3. The maximum absolute atomic E-state index is 12.9. The quantitative estimate of drug-likeness (QED) is 0.635. The third-order valence-electron chi connectivity index (χ3n) is 5.42. The second-order valence-corrected chi connectivity index (χ2v) is 7.44. The van der Waals surface area contributed by atoms with E-state index in [9.17, 15) is 19.5 Å². The Morgan fingerprint density at radius 2 is 1.66 bits per heavy atom. The van der Waals surface area contributed by atoms with Crippen molar-refractivity contribution in [2.24, 2.45) is 17.4 Å². The average Bonchev–Trinajstić information content (AvgIpc) is 2.74. The maximum Gasteiger partial charge on any atom is 0.344 e. The predicted octanol–water partition coefficient (Wildman–Crippen LogP) is 1.42. The first kappa shape index (κ1) is 20.7. The molecule has 1 aliphatic heterocycles. The molecule has 5 N–H and O–H groups in total. The summed E-state index contributed by atoms with van der Waals surface area (Å²) in [4.78, 5) is 38.9. The molecule has 7 heteroatoms. The lowest BCUT2D eigenvalue weighted by Gasteiger charge is -2.44. The second-order valence-electron chi connectivity index (χ2n) is 7.44. The number of carbonyl (C=O) groups excluding carboxylic acids is 2. The van der Waals surface area contributed by atoms with Gasteiger partial charge in [-0.3, -0.25) is 15.3 Å². The number of likely N-dealkylation sites (tertiary alicyclic amines) is 1. The largest absolute Gasteiger partial charge is 0.478 e. The molecule has 29 heavy (non-hydrogen) atoms. The minimum Gasteiger partial charge on any atom is -0.478 e. The van der Waals surface area contributed by atoms with Crippen molar-refractivity contribution in [1.29, 1.82) is 0 Å². The van der Waals surface area contributed by atoms with Gasteiger partial charge in [0.25, 0.3) is 0 Å². The summed E-state index contributed by atoms with van der Waals surface area (Å²) >= 11 is 0. The molecule has 152 valence electrons. The number of aliphatic carboxylic acids is 1. The van der Waals surface area contributed by atoms with Crippen molar-refractivity contribution in [2.75, 3.05) is 6.54 Å². The predicted molar refractivity (Wildman–Crippen MR) is 108 cm³/mol. The lowest BCUT2D eigenvalue weighted by molar-refractivity contribution is -0.163. The van der Waals surface area contributed by atoms with E-state index in [1.165, 1.54) is 0 Å². The Bertz CT molecular complexity index is 887. The van der Waals surface area contributed by atoms with Crippen LogP contribution in [0.4, 0.5) is 0 Å². The molecule has 0 aromatic heterocycles. The highest BCUT2D eigenvalue weighted by Gasteiger charge is 2.50. The highest BCUT2D eigenvalue weighted by Crippen LogP contribution is 2.31. The Morgan fingerprint density at radius 3 is 2.24 bits per heavy atom. The Morgan fingerprint density at radius 1 is 1.07 bits per heavy atom. The molecule has 1 aliphatic rings. The van der Waals surface area contributed by atoms with Gasteiger partial charge in [0, 0.05) is 24.4 Å². The van der Waals surface area contributed by atoms with E-state index in [2.05, 4.69) is 0 Å². The Hall–Kier alpha value is -3.03. The van der Waals surface area contributed by atoms with Crippen molar-refractivity contribution < 1.29 is 19.5 Å². The van der Waals surface area contributed by atoms with E-state index in [0.29, 0.717) is 12.0 Å². The number of rotatable bonds is 6. The van der Waals surface area contributed by atoms with Crippen LogP contribution in [0, 0.1) is 5.92 Å². The summed E-state index contributed by atoms with van der Waals surface area (Å²) < 4.78 is 0. The molecule has 2 aromatic carbocycles. The number of amides is 1. The summed E-state index contributed by atoms with van der Waals surface area (Å²) in [5, 5.41) is 9.79. The molecule has 3 rings (SSSR count). The number of nitrogens with two attached hydrogens (primary N) is 2. The van der Waals surface area contributed by atoms with E-state index in [-0.39, 0.29) is 25.2 Å². The van der Waals surface area contributed by atoms with Gasteiger partial charge in [-0.2, -0.15) is 0 Å². The summed E-state index contributed by atoms with van der Waals surface area (Å²) in [6.45, 7) is 0.0629. The minimum absolute atomic E-state index is 0.0629. The van der Waals surface area contributed by atoms with Gasteiger partial charge in [0.05, 0.1) is 6.04 Å². The molecule has 3 atom stereocenters.